The van der Waals surface area contributed by atoms with E-state index in [9.17, 15) is 29.0 Å². The number of nitrogens with one attached hydrogen (secondary N) is 1. The number of carbonyl (C=O) groups excluding carboxylic acids is 1. The van der Waals surface area contributed by atoms with E-state index in [1.807, 2.05) is 4.90 Å². The molecule has 0 aliphatic carbocycles. The fourth-order valence-corrected chi connectivity index (χ4v) is 5.92. The van der Waals surface area contributed by atoms with Gasteiger partial charge in [0.25, 0.3) is 0 Å². The minimum atomic E-state index is -1.36. The monoisotopic (exact) mass is 576 g/mol. The fourth-order valence-electron chi connectivity index (χ4n) is 5.10. The highest BCUT2D eigenvalue weighted by molar-refractivity contribution is 7.11. The van der Waals surface area contributed by atoms with Crippen LogP contribution in [0.5, 0.6) is 0 Å². The molecule has 3 N–H and O–H groups in total. The van der Waals surface area contributed by atoms with Gasteiger partial charge in [-0.1, -0.05) is 23.7 Å². The van der Waals surface area contributed by atoms with Gasteiger partial charge in [-0.3, -0.25) is 9.89 Å². The van der Waals surface area contributed by atoms with Gasteiger partial charge in [0, 0.05) is 55.6 Å². The van der Waals surface area contributed by atoms with Gasteiger partial charge in [-0.2, -0.15) is 0 Å². The molecule has 2 amide bonds. The lowest BCUT2D eigenvalue weighted by Gasteiger charge is -2.38. The Kier molecular flexibility index (Phi) is 7.08. The first-order chi connectivity index (χ1) is 18.5. The number of fused-ring (bicyclic) bond motifs is 1. The van der Waals surface area contributed by atoms with Crippen molar-refractivity contribution < 1.29 is 29.0 Å². The number of carboxylic acid groups (broad SMARTS) is 2. The maximum atomic E-state index is 14.4. The molecule has 2 atom stereocenters. The predicted octanol–water partition coefficient (Wildman–Crippen LogP) is 2.65. The summed E-state index contributed by atoms with van der Waals surface area (Å²) in [5, 5.41) is 25.1. The van der Waals surface area contributed by atoms with Crippen molar-refractivity contribution in [3.05, 3.63) is 62.5 Å². The van der Waals surface area contributed by atoms with Crippen molar-refractivity contribution >= 4 is 46.7 Å². The van der Waals surface area contributed by atoms with E-state index in [4.69, 9.17) is 11.6 Å². The molecular formula is C25H26ClFN6O5S. The van der Waals surface area contributed by atoms with Gasteiger partial charge in [-0.15, -0.1) is 11.3 Å². The molecule has 206 valence electrons. The Balaban J connectivity index is 1.46. The lowest BCUT2D eigenvalue weighted by molar-refractivity contribution is -0.147. The van der Waals surface area contributed by atoms with Crippen LogP contribution in [0.3, 0.4) is 0 Å². The average molecular weight is 577 g/mol. The number of hydrogen-bond donors (Lipinski definition) is 3. The predicted molar refractivity (Wildman–Crippen MR) is 141 cm³/mol. The molecule has 0 radical (unpaired) electrons. The van der Waals surface area contributed by atoms with Crippen LogP contribution in [0.15, 0.2) is 46.0 Å². The van der Waals surface area contributed by atoms with Crippen LogP contribution in [0.1, 0.15) is 30.5 Å². The van der Waals surface area contributed by atoms with Crippen molar-refractivity contribution in [1.82, 2.24) is 25.0 Å². The lowest BCUT2D eigenvalue weighted by Crippen LogP contribution is -2.54. The number of aromatic nitrogens is 1. The largest absolute Gasteiger partial charge is 0.480 e. The number of benzene rings is 1. The number of rotatable bonds is 7. The summed E-state index contributed by atoms with van der Waals surface area (Å²) in [6.45, 7) is 4.61. The zero-order valence-electron chi connectivity index (χ0n) is 21.1. The first kappa shape index (κ1) is 27.0. The van der Waals surface area contributed by atoms with Crippen LogP contribution in [0.2, 0.25) is 5.02 Å². The summed E-state index contributed by atoms with van der Waals surface area (Å²) in [4.78, 5) is 51.2. The van der Waals surface area contributed by atoms with Gasteiger partial charge in [-0.25, -0.2) is 23.8 Å². The second-order valence-electron chi connectivity index (χ2n) is 10.0. The summed E-state index contributed by atoms with van der Waals surface area (Å²) in [5.74, 6) is -2.65. The Morgan fingerprint density at radius 3 is 2.69 bits per heavy atom. The molecule has 0 bridgehead atoms. The van der Waals surface area contributed by atoms with E-state index in [0.717, 1.165) is 0 Å². The van der Waals surface area contributed by atoms with Crippen LogP contribution in [0.4, 0.5) is 9.18 Å². The number of carboxylic acids is 2. The van der Waals surface area contributed by atoms with E-state index < -0.39 is 29.3 Å². The summed E-state index contributed by atoms with van der Waals surface area (Å²) in [7, 11) is 0. The van der Waals surface area contributed by atoms with Gasteiger partial charge in [0.2, 0.25) is 0 Å². The van der Waals surface area contributed by atoms with Gasteiger partial charge in [0.05, 0.1) is 16.6 Å². The summed E-state index contributed by atoms with van der Waals surface area (Å²) < 4.78 is 14.4. The fraction of sp³-hybridized carbons (Fsp3) is 0.400. The lowest BCUT2D eigenvalue weighted by atomic mass is 9.95. The minimum absolute atomic E-state index is 0.0682. The highest BCUT2D eigenvalue weighted by Gasteiger charge is 2.49. The quantitative estimate of drug-likeness (QED) is 0.457. The van der Waals surface area contributed by atoms with Crippen molar-refractivity contribution in [2.24, 2.45) is 4.99 Å². The van der Waals surface area contributed by atoms with Gasteiger partial charge in [0.15, 0.2) is 10.8 Å². The number of amides is 2. The molecule has 3 aliphatic heterocycles. The number of piperazine rings is 1. The number of nitrogens with zero attached hydrogens (tertiary/aromatic N) is 5. The first-order valence-corrected chi connectivity index (χ1v) is 13.4. The number of amidine groups is 1. The Labute approximate surface area is 232 Å². The van der Waals surface area contributed by atoms with Gasteiger partial charge < -0.3 is 25.3 Å². The molecule has 0 saturated carbocycles. The summed E-state index contributed by atoms with van der Waals surface area (Å²) in [5.41, 5.74) is -0.852. The summed E-state index contributed by atoms with van der Waals surface area (Å²) >= 11 is 7.59. The first-order valence-electron chi connectivity index (χ1n) is 12.2. The zero-order valence-corrected chi connectivity index (χ0v) is 22.7. The molecule has 14 heteroatoms. The van der Waals surface area contributed by atoms with Crippen LogP contribution in [-0.2, 0) is 9.59 Å². The van der Waals surface area contributed by atoms with E-state index in [-0.39, 0.29) is 41.3 Å². The van der Waals surface area contributed by atoms with Crippen molar-refractivity contribution in [3.8, 4) is 0 Å². The number of aliphatic carboxylic acids is 2. The third kappa shape index (κ3) is 4.85. The van der Waals surface area contributed by atoms with Crippen molar-refractivity contribution in [2.45, 2.75) is 31.5 Å². The Bertz CT molecular complexity index is 1400. The van der Waals surface area contributed by atoms with E-state index >= 15 is 0 Å². The summed E-state index contributed by atoms with van der Waals surface area (Å²) in [6, 6.07) is 2.53. The van der Waals surface area contributed by atoms with E-state index in [1.54, 1.807) is 22.5 Å². The molecule has 4 heterocycles. The third-order valence-corrected chi connectivity index (χ3v) is 8.46. The number of thiazole rings is 1. The highest BCUT2D eigenvalue weighted by Crippen LogP contribution is 2.37. The molecule has 1 aromatic carbocycles. The normalized spacial score (nSPS) is 22.1. The molecule has 2 saturated heterocycles. The second kappa shape index (κ2) is 10.2. The van der Waals surface area contributed by atoms with Crippen molar-refractivity contribution in [1.29, 1.82) is 0 Å². The molecule has 5 rings (SSSR count). The molecular weight excluding hydrogens is 551 g/mol. The molecule has 39 heavy (non-hydrogen) atoms. The Morgan fingerprint density at radius 1 is 1.26 bits per heavy atom. The molecule has 1 aromatic heterocycles. The maximum Gasteiger partial charge on any atom is 0.335 e. The number of carbonyl (C=O) groups is 3. The number of hydrogen-bond acceptors (Lipinski definition) is 8. The van der Waals surface area contributed by atoms with Crippen LogP contribution < -0.4 is 5.32 Å². The molecule has 3 aliphatic rings. The smallest absolute Gasteiger partial charge is 0.335 e. The Morgan fingerprint density at radius 2 is 2.03 bits per heavy atom. The van der Waals surface area contributed by atoms with Crippen LogP contribution >= 0.6 is 22.9 Å². The number of urea groups is 1. The number of aliphatic imine (C=N–C) groups is 1. The number of halogens is 2. The molecule has 2 aromatic rings. The standard InChI is InChI=1S/C25H26ClFN6O5S/c1-25(2,23(36)37)33-11-13-10-31(7-8-32(13)24(33)38)12-16-17(22(34)35)19(14-4-3-5-15(27)18(14)26)30-20(29-16)21-28-6-9-39-21/h3-6,9,13,19H,7-8,10-12H2,1-2H3,(H,29,30)(H,34,35)(H,36,37)/t13-,19-/m0/s1. The van der Waals surface area contributed by atoms with Crippen LogP contribution in [0, 0.1) is 5.82 Å². The summed E-state index contributed by atoms with van der Waals surface area (Å²) in [6.07, 6.45) is 1.60. The topological polar surface area (TPSA) is 139 Å². The second-order valence-corrected chi connectivity index (χ2v) is 11.3. The zero-order chi connectivity index (χ0) is 28.1. The van der Waals surface area contributed by atoms with Crippen molar-refractivity contribution in [3.63, 3.8) is 0 Å². The van der Waals surface area contributed by atoms with Crippen molar-refractivity contribution in [2.75, 3.05) is 32.7 Å². The minimum Gasteiger partial charge on any atom is -0.480 e. The van der Waals surface area contributed by atoms with Gasteiger partial charge >= 0.3 is 18.0 Å². The molecule has 0 spiro atoms. The molecule has 2 fully saturated rings. The average Bonchev–Trinajstić information content (AvgIpc) is 3.54. The third-order valence-electron chi connectivity index (χ3n) is 7.28. The van der Waals surface area contributed by atoms with Crippen LogP contribution in [0.25, 0.3) is 0 Å². The maximum absolute atomic E-state index is 14.4. The van der Waals surface area contributed by atoms with E-state index in [0.29, 0.717) is 36.2 Å². The molecule has 0 unspecified atom stereocenters. The van der Waals surface area contributed by atoms with Gasteiger partial charge in [0.1, 0.15) is 17.4 Å². The van der Waals surface area contributed by atoms with Crippen LogP contribution in [-0.4, -0.2) is 98.0 Å². The SMILES string of the molecule is CC(C)(C(=O)O)N1C[C@@H]2CN(CC3=C(C(=O)O)[C@H](c4cccc(F)c4Cl)N=C(c4nccs4)N3)CCN2C1=O. The Hall–Kier alpha value is -3.55. The van der Waals surface area contributed by atoms with E-state index in [2.05, 4.69) is 15.3 Å². The van der Waals surface area contributed by atoms with E-state index in [1.165, 1.54) is 42.2 Å². The molecule has 11 nitrogen and oxygen atoms in total. The highest BCUT2D eigenvalue weighted by atomic mass is 35.5. The van der Waals surface area contributed by atoms with Gasteiger partial charge in [-0.05, 0) is 19.9 Å².